The molecule has 3 rings (SSSR count). The Morgan fingerprint density at radius 1 is 1.36 bits per heavy atom. The Morgan fingerprint density at radius 2 is 2.05 bits per heavy atom. The van der Waals surface area contributed by atoms with Crippen LogP contribution in [0.15, 0.2) is 0 Å². The molecule has 3 heterocycles. The van der Waals surface area contributed by atoms with E-state index in [-0.39, 0.29) is 11.5 Å². The summed E-state index contributed by atoms with van der Waals surface area (Å²) in [4.78, 5) is 12.5. The molecule has 0 spiro atoms. The lowest BCUT2D eigenvalue weighted by Crippen LogP contribution is -2.53. The number of aromatic nitrogens is 4. The summed E-state index contributed by atoms with van der Waals surface area (Å²) in [7, 11) is 0. The van der Waals surface area contributed by atoms with Crippen LogP contribution in [0.3, 0.4) is 0 Å². The second-order valence-electron chi connectivity index (χ2n) is 5.07. The van der Waals surface area contributed by atoms with Crippen molar-refractivity contribution in [1.82, 2.24) is 19.5 Å². The van der Waals surface area contributed by atoms with Crippen molar-refractivity contribution in [2.24, 2.45) is 5.73 Å². The van der Waals surface area contributed by atoms with Crippen LogP contribution < -0.4 is 11.5 Å². The molecule has 0 aliphatic carbocycles. The number of nitrogen functional groups attached to an aromatic ring is 1. The minimum Gasteiger partial charge on any atom is -0.394 e. The van der Waals surface area contributed by atoms with Gasteiger partial charge in [0.15, 0.2) is 20.8 Å². The summed E-state index contributed by atoms with van der Waals surface area (Å²) in [5.74, 6) is -1.27. The zero-order valence-corrected chi connectivity index (χ0v) is 13.7. The second-order valence-corrected chi connectivity index (χ2v) is 6.04. The average molecular weight is 422 g/mol. The number of nitrogens with two attached hydrogens (primary N) is 2. The highest BCUT2D eigenvalue weighted by atomic mass is 127. The van der Waals surface area contributed by atoms with Crippen LogP contribution in [0.1, 0.15) is 5.82 Å². The molecule has 0 radical (unpaired) electrons. The number of nitrogens with zero attached hydrogens (tertiary/aromatic N) is 4. The molecule has 0 bridgehead atoms. The molecule has 1 aliphatic rings. The maximum absolute atomic E-state index is 10.3. The van der Waals surface area contributed by atoms with Crippen molar-refractivity contribution in [1.29, 1.82) is 0 Å². The van der Waals surface area contributed by atoms with Gasteiger partial charge in [-0.05, 0) is 6.92 Å². The van der Waals surface area contributed by atoms with Gasteiger partial charge in [-0.2, -0.15) is 0 Å². The summed E-state index contributed by atoms with van der Waals surface area (Å²) in [5.41, 5.74) is 12.6. The number of hydrogen-bond donors (Lipinski definition) is 5. The topological polar surface area (TPSA) is 166 Å². The first-order valence-electron chi connectivity index (χ1n) is 6.41. The van der Waals surface area contributed by atoms with E-state index in [1.54, 1.807) is 6.92 Å². The van der Waals surface area contributed by atoms with Crippen LogP contribution in [0.25, 0.3) is 11.2 Å². The van der Waals surface area contributed by atoms with Gasteiger partial charge in [-0.3, -0.25) is 10.3 Å². The third kappa shape index (κ3) is 2.08. The molecule has 0 unspecified atom stereocenters. The van der Waals surface area contributed by atoms with E-state index in [9.17, 15) is 15.3 Å². The van der Waals surface area contributed by atoms with Crippen LogP contribution in [-0.2, 0) is 10.6 Å². The predicted molar refractivity (Wildman–Crippen MR) is 83.3 cm³/mol. The average Bonchev–Trinajstić information content (AvgIpc) is 2.89. The highest BCUT2D eigenvalue weighted by Crippen LogP contribution is 2.35. The Balaban J connectivity index is 2.24. The molecule has 1 saturated heterocycles. The van der Waals surface area contributed by atoms with E-state index in [0.717, 1.165) is 0 Å². The number of halogens is 1. The number of ether oxygens (including phenoxy) is 1. The number of hydrogen-bond acceptors (Lipinski definition) is 9. The number of rotatable bonds is 2. The van der Waals surface area contributed by atoms with Gasteiger partial charge in [0.1, 0.15) is 24.1 Å². The molecule has 2 aromatic rings. The quantitative estimate of drug-likeness (QED) is 0.272. The van der Waals surface area contributed by atoms with Crippen molar-refractivity contribution in [3.8, 4) is 0 Å². The molecule has 1 aliphatic heterocycles. The van der Waals surface area contributed by atoms with E-state index < -0.39 is 30.8 Å². The highest BCUT2D eigenvalue weighted by Gasteiger charge is 2.54. The van der Waals surface area contributed by atoms with Gasteiger partial charge in [0.05, 0.1) is 6.61 Å². The molecule has 7 N–H and O–H groups in total. The van der Waals surface area contributed by atoms with E-state index in [4.69, 9.17) is 16.2 Å². The number of aryl methyl sites for hydroxylation is 1. The minimum atomic E-state index is -1.82. The Kier molecular flexibility index (Phi) is 3.73. The van der Waals surface area contributed by atoms with Crippen molar-refractivity contribution in [3.05, 3.63) is 9.66 Å². The number of aliphatic hydroxyl groups excluding tert-OH is 3. The summed E-state index contributed by atoms with van der Waals surface area (Å²) in [6.45, 7) is 1.15. The fraction of sp³-hybridized carbons (Fsp3) is 0.545. The van der Waals surface area contributed by atoms with E-state index >= 15 is 0 Å². The lowest BCUT2D eigenvalue weighted by molar-refractivity contribution is -0.142. The van der Waals surface area contributed by atoms with Crippen LogP contribution in [0.2, 0.25) is 0 Å². The van der Waals surface area contributed by atoms with Crippen LogP contribution in [-0.4, -0.2) is 59.8 Å². The monoisotopic (exact) mass is 422 g/mol. The second kappa shape index (κ2) is 5.21. The van der Waals surface area contributed by atoms with Crippen molar-refractivity contribution in [2.75, 3.05) is 12.3 Å². The molecule has 22 heavy (non-hydrogen) atoms. The highest BCUT2D eigenvalue weighted by molar-refractivity contribution is 14.1. The maximum atomic E-state index is 10.3. The van der Waals surface area contributed by atoms with E-state index in [2.05, 4.69) is 15.0 Å². The largest absolute Gasteiger partial charge is 0.394 e. The van der Waals surface area contributed by atoms with Gasteiger partial charge in [0.2, 0.25) is 5.85 Å². The molecular formula is C11H15IN6O4. The van der Waals surface area contributed by atoms with E-state index in [1.165, 1.54) is 4.57 Å². The van der Waals surface area contributed by atoms with Gasteiger partial charge in [-0.1, -0.05) is 0 Å². The lowest BCUT2D eigenvalue weighted by atomic mass is 10.1. The van der Waals surface area contributed by atoms with Crippen LogP contribution in [0.4, 0.5) is 5.82 Å². The first-order valence-corrected chi connectivity index (χ1v) is 7.49. The minimum absolute atomic E-state index is 0.173. The van der Waals surface area contributed by atoms with Crippen LogP contribution in [0, 0.1) is 10.8 Å². The zero-order chi connectivity index (χ0) is 16.2. The Bertz CT molecular complexity index is 739. The summed E-state index contributed by atoms with van der Waals surface area (Å²) >= 11 is 1.89. The molecule has 0 amide bonds. The normalized spacial score (nSPS) is 32.0. The van der Waals surface area contributed by atoms with Crippen molar-refractivity contribution < 1.29 is 20.1 Å². The molecule has 120 valence electrons. The summed E-state index contributed by atoms with van der Waals surface area (Å²) in [6.07, 6.45) is -3.84. The summed E-state index contributed by atoms with van der Waals surface area (Å²) in [6, 6.07) is 0. The first kappa shape index (κ1) is 15.8. The van der Waals surface area contributed by atoms with Crippen molar-refractivity contribution in [2.45, 2.75) is 31.1 Å². The molecule has 4 atom stereocenters. The van der Waals surface area contributed by atoms with Crippen molar-refractivity contribution in [3.63, 3.8) is 0 Å². The number of imidazole rings is 1. The number of fused-ring (bicyclic) bond motifs is 1. The Hall–Kier alpha value is -1.12. The van der Waals surface area contributed by atoms with Gasteiger partial charge in [0, 0.05) is 22.6 Å². The summed E-state index contributed by atoms with van der Waals surface area (Å²) in [5, 5.41) is 29.5. The molecule has 10 nitrogen and oxygen atoms in total. The van der Waals surface area contributed by atoms with Gasteiger partial charge in [-0.15, -0.1) is 0 Å². The molecule has 0 aromatic carbocycles. The van der Waals surface area contributed by atoms with E-state index in [0.29, 0.717) is 15.2 Å². The lowest BCUT2D eigenvalue weighted by Gasteiger charge is -2.30. The van der Waals surface area contributed by atoms with Crippen LogP contribution in [0.5, 0.6) is 0 Å². The Morgan fingerprint density at radius 3 is 2.64 bits per heavy atom. The number of aliphatic hydroxyl groups is 3. The Labute approximate surface area is 138 Å². The zero-order valence-electron chi connectivity index (χ0n) is 11.5. The molecule has 1 fully saturated rings. The van der Waals surface area contributed by atoms with Crippen molar-refractivity contribution >= 4 is 39.6 Å². The maximum Gasteiger partial charge on any atom is 0.232 e. The summed E-state index contributed by atoms with van der Waals surface area (Å²) < 4.78 is 7.21. The molecular weight excluding hydrogens is 407 g/mol. The van der Waals surface area contributed by atoms with Gasteiger partial charge >= 0.3 is 0 Å². The van der Waals surface area contributed by atoms with Gasteiger partial charge in [0.25, 0.3) is 0 Å². The smallest absolute Gasteiger partial charge is 0.232 e. The first-order chi connectivity index (χ1) is 10.3. The standard InChI is InChI=1S/C11H15IN6O4/c1-3-15-5-8(13)16-10(12)17-9(5)18(3)11(14)7(21)6(20)4(2-19)22-11/h4,6-7,19-21H,2,14H2,1H3,(H2,13,16,17)/t4-,6-,7-,11+/m1/s1. The third-order valence-corrected chi connectivity index (χ3v) is 4.15. The number of anilines is 1. The predicted octanol–water partition coefficient (Wildman–Crippen LogP) is -2.00. The fourth-order valence-electron chi connectivity index (χ4n) is 2.64. The van der Waals surface area contributed by atoms with Crippen LogP contribution >= 0.6 is 22.6 Å². The third-order valence-electron chi connectivity index (χ3n) is 3.67. The molecule has 11 heteroatoms. The van der Waals surface area contributed by atoms with Gasteiger partial charge in [-0.25, -0.2) is 15.0 Å². The molecule has 2 aromatic heterocycles. The van der Waals surface area contributed by atoms with Gasteiger partial charge < -0.3 is 25.8 Å². The fourth-order valence-corrected chi connectivity index (χ4v) is 3.13. The van der Waals surface area contributed by atoms with E-state index in [1.807, 2.05) is 22.6 Å². The SMILES string of the molecule is Cc1nc2c(N)nc(I)nc2n1[C@]1(N)O[C@H](CO)[C@@H](O)[C@H]1O. The molecule has 0 saturated carbocycles.